The van der Waals surface area contributed by atoms with Crippen molar-refractivity contribution in [1.29, 1.82) is 0 Å². The summed E-state index contributed by atoms with van der Waals surface area (Å²) >= 11 is 0. The van der Waals surface area contributed by atoms with Gasteiger partial charge in [-0.05, 0) is 45.7 Å². The molecule has 10 nitrogen and oxygen atoms in total. The number of rotatable bonds is 38. The minimum atomic E-state index is -3.90. The van der Waals surface area contributed by atoms with E-state index < -0.39 is 7.82 Å². The first-order valence-corrected chi connectivity index (χ1v) is 21.9. The molecule has 0 aromatic heterocycles. The number of nitrogens with zero attached hydrogens (tertiary/aromatic N) is 1. The molecule has 0 aromatic carbocycles. The molecule has 0 bridgehead atoms. The van der Waals surface area contributed by atoms with Crippen molar-refractivity contribution in [2.24, 2.45) is 0 Å². The molecule has 0 heterocycles. The van der Waals surface area contributed by atoms with Gasteiger partial charge in [0.15, 0.2) is 0 Å². The zero-order valence-corrected chi connectivity index (χ0v) is 34.7. The maximum atomic E-state index is 11.8. The number of carbonyl (C=O) groups is 1. The summed E-state index contributed by atoms with van der Waals surface area (Å²) < 4.78 is 37.7. The van der Waals surface area contributed by atoms with Crippen LogP contribution in [-0.2, 0) is 32.6 Å². The Kier molecular flexibility index (Phi) is 40.8. The molecule has 0 aliphatic rings. The summed E-state index contributed by atoms with van der Waals surface area (Å²) in [7, 11) is 3.81. The lowest BCUT2D eigenvalue weighted by molar-refractivity contribution is -0.870. The first kappa shape index (κ1) is 51.5. The average molecular weight is 740 g/mol. The number of hydrogen-bond acceptors (Lipinski definition) is 8. The summed E-state index contributed by atoms with van der Waals surface area (Å²) in [6.07, 6.45) is 28.2. The van der Waals surface area contributed by atoms with Crippen molar-refractivity contribution in [3.63, 3.8) is 0 Å². The number of phosphoric acid groups is 1. The Balaban J connectivity index is 0. The van der Waals surface area contributed by atoms with E-state index in [1.54, 1.807) is 7.11 Å². The second-order valence-corrected chi connectivity index (χ2v) is 15.9. The summed E-state index contributed by atoms with van der Waals surface area (Å²) in [6, 6.07) is 0. The van der Waals surface area contributed by atoms with Gasteiger partial charge >= 0.3 is 13.8 Å². The molecule has 0 spiro atoms. The fourth-order valence-electron chi connectivity index (χ4n) is 5.25. The van der Waals surface area contributed by atoms with Crippen molar-refractivity contribution in [3.8, 4) is 0 Å². The van der Waals surface area contributed by atoms with E-state index in [9.17, 15) is 14.3 Å². The van der Waals surface area contributed by atoms with Gasteiger partial charge in [-0.2, -0.15) is 0 Å². The normalized spacial score (nSPS) is 12.8. The molecule has 0 radical (unpaired) electrons. The lowest BCUT2D eigenvalue weighted by atomic mass is 10.0. The Hall–Kier alpha value is -0.580. The third kappa shape index (κ3) is 47.4. The quantitative estimate of drug-likeness (QED) is 0.0277. The molecular weight excluding hydrogens is 655 g/mol. The van der Waals surface area contributed by atoms with Crippen LogP contribution in [0.4, 0.5) is 0 Å². The van der Waals surface area contributed by atoms with E-state index in [1.165, 1.54) is 109 Å². The number of carbonyl (C=O) groups excluding carboxylic acids is 1. The van der Waals surface area contributed by atoms with Crippen LogP contribution in [0.15, 0.2) is 0 Å². The van der Waals surface area contributed by atoms with Crippen molar-refractivity contribution in [2.45, 2.75) is 162 Å². The largest absolute Gasteiger partial charge is 0.472 e. The highest BCUT2D eigenvalue weighted by Gasteiger charge is 2.22. The van der Waals surface area contributed by atoms with E-state index in [2.05, 4.69) is 12.2 Å². The first-order valence-electron chi connectivity index (χ1n) is 20.4. The van der Waals surface area contributed by atoms with Gasteiger partial charge in [0.2, 0.25) is 0 Å². The van der Waals surface area contributed by atoms with Crippen LogP contribution >= 0.6 is 7.82 Å². The predicted octanol–water partition coefficient (Wildman–Crippen LogP) is 9.62. The number of ether oxygens (including phenoxy) is 3. The molecule has 11 heteroatoms. The van der Waals surface area contributed by atoms with Crippen molar-refractivity contribution < 1.29 is 42.0 Å². The Morgan fingerprint density at radius 3 is 1.60 bits per heavy atom. The fourth-order valence-corrected chi connectivity index (χ4v) is 6.00. The van der Waals surface area contributed by atoms with Crippen LogP contribution in [0.3, 0.4) is 0 Å². The van der Waals surface area contributed by atoms with Gasteiger partial charge < -0.3 is 28.9 Å². The van der Waals surface area contributed by atoms with Crippen LogP contribution in [0.1, 0.15) is 162 Å². The number of esters is 1. The van der Waals surface area contributed by atoms with Gasteiger partial charge in [-0.1, -0.05) is 122 Å². The topological polar surface area (TPSA) is 113 Å². The molecule has 2 N–H and O–H groups in total. The molecule has 0 aromatic rings. The predicted molar refractivity (Wildman–Crippen MR) is 209 cm³/mol. The van der Waals surface area contributed by atoms with Crippen LogP contribution in [0.2, 0.25) is 0 Å². The Bertz CT molecular complexity index is 739. The molecule has 50 heavy (non-hydrogen) atoms. The molecule has 1 atom stereocenters. The molecule has 0 amide bonds. The third-order valence-corrected chi connectivity index (χ3v) is 9.40. The standard InChI is InChI=1S/C21H47N2O6P.C18H36O2/c1-23(2,3)16-19-29-30(24,25)28-18-12-10-8-6-5-7-9-11-14-22-15-13-17-27-21-20-26-4;1-3-5-6-7-8-9-10-11-12-13-14-15-16-17-18(19)20-4-2/h22H,5-21H2,1-4H3;3-17H2,1-2H3/p+1. The number of nitrogens with one attached hydrogen (secondary N) is 1. The molecule has 0 saturated carbocycles. The second-order valence-electron chi connectivity index (χ2n) is 14.5. The van der Waals surface area contributed by atoms with Crippen LogP contribution in [0, 0.1) is 0 Å². The zero-order chi connectivity index (χ0) is 37.4. The van der Waals surface area contributed by atoms with E-state index >= 15 is 0 Å². The van der Waals surface area contributed by atoms with Crippen molar-refractivity contribution in [1.82, 2.24) is 5.32 Å². The summed E-state index contributed by atoms with van der Waals surface area (Å²) in [5.41, 5.74) is 0. The van der Waals surface area contributed by atoms with Gasteiger partial charge in [-0.25, -0.2) is 4.57 Å². The Labute approximate surface area is 309 Å². The SMILES string of the molecule is CCCCCCCCCCCCCCCC(=O)OCC.COCCOCCCNCCCCCCCCCCOP(=O)(O)OCC[N+](C)(C)C. The molecule has 0 saturated heterocycles. The summed E-state index contributed by atoms with van der Waals surface area (Å²) in [5, 5.41) is 3.45. The monoisotopic (exact) mass is 740 g/mol. The van der Waals surface area contributed by atoms with Crippen LogP contribution < -0.4 is 5.32 Å². The molecule has 0 aliphatic carbocycles. The third-order valence-electron chi connectivity index (χ3n) is 8.38. The van der Waals surface area contributed by atoms with E-state index in [-0.39, 0.29) is 19.2 Å². The van der Waals surface area contributed by atoms with E-state index in [1.807, 2.05) is 28.1 Å². The van der Waals surface area contributed by atoms with Gasteiger partial charge in [0.25, 0.3) is 0 Å². The van der Waals surface area contributed by atoms with Gasteiger partial charge in [-0.15, -0.1) is 0 Å². The highest BCUT2D eigenvalue weighted by Crippen LogP contribution is 2.43. The van der Waals surface area contributed by atoms with Crippen molar-refractivity contribution >= 4 is 13.8 Å². The van der Waals surface area contributed by atoms with Crippen molar-refractivity contribution in [3.05, 3.63) is 0 Å². The highest BCUT2D eigenvalue weighted by atomic mass is 31.2. The molecule has 0 fully saturated rings. The van der Waals surface area contributed by atoms with Crippen molar-refractivity contribution in [2.75, 3.05) is 87.5 Å². The fraction of sp³-hybridized carbons (Fsp3) is 0.974. The van der Waals surface area contributed by atoms with Crippen LogP contribution in [0.5, 0.6) is 0 Å². The number of methoxy groups -OCH3 is 1. The first-order chi connectivity index (χ1) is 24.1. The molecular formula is C39H84N2O8P+. The van der Waals surface area contributed by atoms with Crippen LogP contribution in [0.25, 0.3) is 0 Å². The lowest BCUT2D eigenvalue weighted by Crippen LogP contribution is -2.37. The van der Waals surface area contributed by atoms with Crippen LogP contribution in [-0.4, -0.2) is 103 Å². The van der Waals surface area contributed by atoms with E-state index in [0.29, 0.717) is 37.3 Å². The zero-order valence-electron chi connectivity index (χ0n) is 33.8. The maximum absolute atomic E-state index is 11.8. The number of likely N-dealkylation sites (N-methyl/N-ethyl adjacent to an activating group) is 1. The number of phosphoric ester groups is 1. The minimum absolute atomic E-state index is 0.0319. The Morgan fingerprint density at radius 2 is 1.08 bits per heavy atom. The smallest absolute Gasteiger partial charge is 0.466 e. The molecule has 0 aliphatic heterocycles. The molecule has 302 valence electrons. The number of hydrogen-bond donors (Lipinski definition) is 2. The minimum Gasteiger partial charge on any atom is -0.466 e. The molecule has 1 unspecified atom stereocenters. The summed E-state index contributed by atoms with van der Waals surface area (Å²) in [4.78, 5) is 20.8. The number of quaternary nitrogens is 1. The maximum Gasteiger partial charge on any atom is 0.472 e. The Morgan fingerprint density at radius 1 is 0.600 bits per heavy atom. The van der Waals surface area contributed by atoms with Gasteiger partial charge in [0.05, 0.1) is 47.6 Å². The molecule has 0 rings (SSSR count). The highest BCUT2D eigenvalue weighted by molar-refractivity contribution is 7.47. The lowest BCUT2D eigenvalue weighted by Gasteiger charge is -2.24. The van der Waals surface area contributed by atoms with Gasteiger partial charge in [-0.3, -0.25) is 13.8 Å². The van der Waals surface area contributed by atoms with E-state index in [0.717, 1.165) is 51.8 Å². The summed E-state index contributed by atoms with van der Waals surface area (Å²) in [5.74, 6) is -0.0319. The van der Waals surface area contributed by atoms with Gasteiger partial charge in [0.1, 0.15) is 13.2 Å². The second kappa shape index (κ2) is 39.6. The van der Waals surface area contributed by atoms with Gasteiger partial charge in [0, 0.05) is 20.1 Å². The summed E-state index contributed by atoms with van der Waals surface area (Å²) in [6.45, 7) is 10.0. The average Bonchev–Trinajstić information content (AvgIpc) is 3.06. The number of unbranched alkanes of at least 4 members (excludes halogenated alkanes) is 19. The van der Waals surface area contributed by atoms with E-state index in [4.69, 9.17) is 23.3 Å².